The summed E-state index contributed by atoms with van der Waals surface area (Å²) in [6.45, 7) is 0. The van der Waals surface area contributed by atoms with Gasteiger partial charge in [-0.05, 0) is 41.0 Å². The van der Waals surface area contributed by atoms with Gasteiger partial charge in [0.25, 0.3) is 0 Å². The first-order valence-corrected chi connectivity index (χ1v) is 12.9. The predicted octanol–water partition coefficient (Wildman–Crippen LogP) is 0.641. The van der Waals surface area contributed by atoms with E-state index in [4.69, 9.17) is 9.47 Å². The second-order valence-corrected chi connectivity index (χ2v) is 10.7. The molecule has 226 valence electrons. The van der Waals surface area contributed by atoms with Gasteiger partial charge in [0.05, 0.1) is 18.3 Å². The number of phenols is 4. The van der Waals surface area contributed by atoms with Crippen LogP contribution in [0.3, 0.4) is 0 Å². The average molecular weight is 599 g/mol. The van der Waals surface area contributed by atoms with E-state index in [0.29, 0.717) is 0 Å². The van der Waals surface area contributed by atoms with Crippen molar-refractivity contribution in [2.45, 2.75) is 36.3 Å². The molecule has 8 N–H and O–H groups in total. The van der Waals surface area contributed by atoms with Crippen molar-refractivity contribution < 1.29 is 69.5 Å². The lowest BCUT2D eigenvalue weighted by molar-refractivity contribution is -0.313. The molecule has 7 atom stereocenters. The van der Waals surface area contributed by atoms with Gasteiger partial charge in [-0.3, -0.25) is 9.59 Å². The Morgan fingerprint density at radius 2 is 1.63 bits per heavy atom. The third-order valence-electron chi connectivity index (χ3n) is 8.22. The fraction of sp³-hybridized carbons (Fsp3) is 0.310. The number of carboxylic acids is 2. The van der Waals surface area contributed by atoms with Gasteiger partial charge < -0.3 is 50.3 Å². The average Bonchev–Trinajstić information content (AvgIpc) is 3.19. The number of carbonyl (C=O) groups excluding carboxylic acids is 2. The molecule has 0 aromatic heterocycles. The number of esters is 2. The van der Waals surface area contributed by atoms with Crippen LogP contribution in [-0.4, -0.2) is 82.2 Å². The number of carbonyl (C=O) groups is 4. The van der Waals surface area contributed by atoms with E-state index >= 15 is 0 Å². The molecule has 2 fully saturated rings. The maximum absolute atomic E-state index is 12.7. The SMILES string of the molecule is O=C(/C=C/C1=C[C@@H]2[C@@H](c3ccc(O)c(O)c3)[C@@H](C(=O)O)[C@H]1[C@]1(O)OC(=O)C[C@]21O)O[C@H](Cc1ccc(O)c(O)c1)C(=O)O. The summed E-state index contributed by atoms with van der Waals surface area (Å²) >= 11 is 0. The van der Waals surface area contributed by atoms with Crippen molar-refractivity contribution in [3.8, 4) is 23.0 Å². The fourth-order valence-corrected chi connectivity index (χ4v) is 6.34. The number of ether oxygens (including phenoxy) is 2. The highest BCUT2D eigenvalue weighted by molar-refractivity contribution is 5.86. The van der Waals surface area contributed by atoms with E-state index < -0.39 is 94.5 Å². The molecule has 14 nitrogen and oxygen atoms in total. The Bertz CT molecular complexity index is 1590. The van der Waals surface area contributed by atoms with E-state index in [0.717, 1.165) is 36.4 Å². The molecule has 0 unspecified atom stereocenters. The maximum Gasteiger partial charge on any atom is 0.345 e. The number of phenolic OH excluding ortho intramolecular Hbond substituents is 4. The highest BCUT2D eigenvalue weighted by atomic mass is 16.7. The Morgan fingerprint density at radius 3 is 2.23 bits per heavy atom. The lowest BCUT2D eigenvalue weighted by atomic mass is 9.49. The van der Waals surface area contributed by atoms with Crippen LogP contribution in [0.2, 0.25) is 0 Å². The third kappa shape index (κ3) is 4.79. The number of benzene rings is 2. The summed E-state index contributed by atoms with van der Waals surface area (Å²) in [5.74, 6) is -15.5. The first-order chi connectivity index (χ1) is 20.2. The van der Waals surface area contributed by atoms with Crippen LogP contribution in [0.5, 0.6) is 23.0 Å². The van der Waals surface area contributed by atoms with Crippen LogP contribution in [0.15, 0.2) is 60.2 Å². The Morgan fingerprint density at radius 1 is 0.977 bits per heavy atom. The molecule has 2 aromatic carbocycles. The molecule has 3 aliphatic carbocycles. The van der Waals surface area contributed by atoms with Gasteiger partial charge in [-0.1, -0.05) is 24.3 Å². The lowest BCUT2D eigenvalue weighted by Gasteiger charge is -2.58. The first kappa shape index (κ1) is 29.4. The molecule has 14 heteroatoms. The van der Waals surface area contributed by atoms with Crippen LogP contribution in [0.4, 0.5) is 0 Å². The van der Waals surface area contributed by atoms with Gasteiger partial charge in [0.2, 0.25) is 11.9 Å². The van der Waals surface area contributed by atoms with Crippen molar-refractivity contribution in [3.05, 3.63) is 71.3 Å². The zero-order valence-corrected chi connectivity index (χ0v) is 22.0. The van der Waals surface area contributed by atoms with Crippen molar-refractivity contribution in [2.75, 3.05) is 0 Å². The van der Waals surface area contributed by atoms with Crippen molar-refractivity contribution in [1.29, 1.82) is 0 Å². The van der Waals surface area contributed by atoms with Crippen LogP contribution >= 0.6 is 0 Å². The maximum atomic E-state index is 12.7. The number of aliphatic hydroxyl groups is 2. The van der Waals surface area contributed by atoms with Gasteiger partial charge in [-0.15, -0.1) is 0 Å². The molecule has 1 heterocycles. The molecule has 1 saturated heterocycles. The van der Waals surface area contributed by atoms with Gasteiger partial charge in [0, 0.05) is 24.3 Å². The van der Waals surface area contributed by atoms with E-state index in [-0.39, 0.29) is 23.1 Å². The molecular formula is C29H26O14. The third-order valence-corrected chi connectivity index (χ3v) is 8.22. The predicted molar refractivity (Wildman–Crippen MR) is 139 cm³/mol. The second kappa shape index (κ2) is 10.3. The topological polar surface area (TPSA) is 249 Å². The van der Waals surface area contributed by atoms with Gasteiger partial charge >= 0.3 is 23.9 Å². The minimum absolute atomic E-state index is 0.0224. The normalized spacial score (nSPS) is 29.9. The summed E-state index contributed by atoms with van der Waals surface area (Å²) in [6, 6.07) is 7.10. The number of hydrogen-bond acceptors (Lipinski definition) is 12. The molecule has 6 rings (SSSR count). The standard InChI is InChI=1S/C29H26O14/c30-16-4-1-12(7-18(16)32)8-20(26(36)37)42-21(34)6-3-14-9-15-23(13-2-5-17(31)19(33)10-13)24(27(38)39)25(14)29(41)28(15,40)11-22(35)43-29/h1-7,9-10,15,20,23-25,30-33,40-41H,8,11H2,(H,36,37)(H,38,39)/b6-3+/t15-,20-,23-,24-,25+,28+,29+/m1/s1. The van der Waals surface area contributed by atoms with E-state index in [1.165, 1.54) is 18.2 Å². The summed E-state index contributed by atoms with van der Waals surface area (Å²) in [7, 11) is 0. The minimum atomic E-state index is -2.71. The summed E-state index contributed by atoms with van der Waals surface area (Å²) in [6.07, 6.45) is 0.445. The molecule has 2 aromatic rings. The molecule has 0 spiro atoms. The van der Waals surface area contributed by atoms with Crippen molar-refractivity contribution in [1.82, 2.24) is 0 Å². The largest absolute Gasteiger partial charge is 0.504 e. The fourth-order valence-electron chi connectivity index (χ4n) is 6.34. The number of aliphatic carboxylic acids is 2. The zero-order valence-electron chi connectivity index (χ0n) is 22.0. The van der Waals surface area contributed by atoms with E-state index in [1.807, 2.05) is 0 Å². The zero-order chi connectivity index (χ0) is 31.4. The number of aromatic hydroxyl groups is 4. The first-order valence-electron chi connectivity index (χ1n) is 12.9. The second-order valence-electron chi connectivity index (χ2n) is 10.7. The molecule has 1 saturated carbocycles. The molecular weight excluding hydrogens is 572 g/mol. The summed E-state index contributed by atoms with van der Waals surface area (Å²) in [5.41, 5.74) is -1.91. The van der Waals surface area contributed by atoms with Crippen LogP contribution in [0, 0.1) is 17.8 Å². The van der Waals surface area contributed by atoms with Gasteiger partial charge in [0.1, 0.15) is 5.60 Å². The molecule has 1 aliphatic heterocycles. The molecule has 0 radical (unpaired) electrons. The highest BCUT2D eigenvalue weighted by Crippen LogP contribution is 2.64. The number of allylic oxidation sites excluding steroid dienone is 1. The quantitative estimate of drug-likeness (QED) is 0.118. The van der Waals surface area contributed by atoms with E-state index in [1.54, 1.807) is 0 Å². The van der Waals surface area contributed by atoms with E-state index in [9.17, 15) is 60.0 Å². The number of carboxylic acid groups (broad SMARTS) is 2. The van der Waals surface area contributed by atoms with E-state index in [2.05, 4.69) is 0 Å². The van der Waals surface area contributed by atoms with Crippen molar-refractivity contribution >= 4 is 23.9 Å². The number of hydrogen-bond donors (Lipinski definition) is 8. The van der Waals surface area contributed by atoms with Crippen molar-refractivity contribution in [3.63, 3.8) is 0 Å². The highest BCUT2D eigenvalue weighted by Gasteiger charge is 2.76. The lowest BCUT2D eigenvalue weighted by Crippen LogP contribution is -2.70. The summed E-state index contributed by atoms with van der Waals surface area (Å²) in [4.78, 5) is 49.4. The smallest absolute Gasteiger partial charge is 0.345 e. The minimum Gasteiger partial charge on any atom is -0.504 e. The van der Waals surface area contributed by atoms with Crippen LogP contribution in [0.1, 0.15) is 23.5 Å². The molecule has 4 aliphatic rings. The van der Waals surface area contributed by atoms with Gasteiger partial charge in [-0.25, -0.2) is 9.59 Å². The molecule has 0 amide bonds. The Hall–Kier alpha value is -5.08. The monoisotopic (exact) mass is 598 g/mol. The van der Waals surface area contributed by atoms with Gasteiger partial charge in [0.15, 0.2) is 23.0 Å². The Labute approximate surface area is 242 Å². The Kier molecular flexibility index (Phi) is 7.06. The summed E-state index contributed by atoms with van der Waals surface area (Å²) in [5, 5.41) is 81.8. The molecule has 43 heavy (non-hydrogen) atoms. The van der Waals surface area contributed by atoms with Gasteiger partial charge in [-0.2, -0.15) is 0 Å². The number of fused-ring (bicyclic) bond motifs is 1. The van der Waals surface area contributed by atoms with Crippen LogP contribution < -0.4 is 0 Å². The summed E-state index contributed by atoms with van der Waals surface area (Å²) < 4.78 is 10.2. The Balaban J connectivity index is 1.48. The van der Waals surface area contributed by atoms with Crippen LogP contribution in [0.25, 0.3) is 0 Å². The number of rotatable bonds is 8. The molecule has 2 bridgehead atoms. The van der Waals surface area contributed by atoms with Crippen LogP contribution in [-0.2, 0) is 35.1 Å². The van der Waals surface area contributed by atoms with Crippen molar-refractivity contribution in [2.24, 2.45) is 17.8 Å².